The maximum atomic E-state index is 8.89. The third-order valence-electron chi connectivity index (χ3n) is 2.56. The molecule has 2 nitrogen and oxygen atoms in total. The average Bonchev–Trinajstić information content (AvgIpc) is 2.29. The number of nitrogens with zero attached hydrogens (tertiary/aromatic N) is 2. The predicted octanol–water partition coefficient (Wildman–Crippen LogP) is -0.180. The molecule has 0 radical (unpaired) electrons. The molecule has 0 aliphatic heterocycles. The minimum atomic E-state index is 0. The van der Waals surface area contributed by atoms with Crippen LogP contribution in [0.5, 0.6) is 0 Å². The molecule has 1 aromatic rings. The maximum Gasteiger partial charge on any atom is 0.283 e. The highest BCUT2D eigenvalue weighted by atomic mass is 127. The fourth-order valence-electron chi connectivity index (χ4n) is 1.66. The molecule has 3 heteroatoms. The zero-order valence-corrected chi connectivity index (χ0v) is 12.0. The van der Waals surface area contributed by atoms with Crippen LogP contribution < -0.4 is 28.5 Å². The van der Waals surface area contributed by atoms with Crippen LogP contribution in [0, 0.1) is 11.3 Å². The summed E-state index contributed by atoms with van der Waals surface area (Å²) >= 11 is 0. The summed E-state index contributed by atoms with van der Waals surface area (Å²) in [6.07, 6.45) is 8.33. The van der Waals surface area contributed by atoms with Gasteiger partial charge in [-0.15, -0.1) is 0 Å². The largest absolute Gasteiger partial charge is 1.00 e. The van der Waals surface area contributed by atoms with Crippen molar-refractivity contribution in [2.45, 2.75) is 45.6 Å². The highest BCUT2D eigenvalue weighted by molar-refractivity contribution is 5.12. The Hall–Kier alpha value is -0.630. The molecule has 0 bridgehead atoms. The number of unbranched alkanes of at least 4 members (excludes halogenated alkanes) is 4. The zero-order valence-electron chi connectivity index (χ0n) is 9.82. The van der Waals surface area contributed by atoms with Crippen molar-refractivity contribution in [2.24, 2.45) is 0 Å². The standard InChI is InChI=1S/C13H19N2.HI/c1-2-3-4-5-7-10-15-11-8-6-9-13(15)12-14;/h6,8-9,11H,2-5,7,10H2,1H3;1H/q+1;/p-1. The van der Waals surface area contributed by atoms with Crippen molar-refractivity contribution in [2.75, 3.05) is 0 Å². The maximum absolute atomic E-state index is 8.89. The Morgan fingerprint density at radius 3 is 2.62 bits per heavy atom. The highest BCUT2D eigenvalue weighted by Gasteiger charge is 2.06. The van der Waals surface area contributed by atoms with E-state index in [4.69, 9.17) is 5.26 Å². The van der Waals surface area contributed by atoms with E-state index < -0.39 is 0 Å². The van der Waals surface area contributed by atoms with Crippen LogP contribution in [0.15, 0.2) is 24.4 Å². The van der Waals surface area contributed by atoms with Crippen LogP contribution in [0.4, 0.5) is 0 Å². The van der Waals surface area contributed by atoms with E-state index in [-0.39, 0.29) is 24.0 Å². The van der Waals surface area contributed by atoms with E-state index in [1.165, 1.54) is 32.1 Å². The van der Waals surface area contributed by atoms with Gasteiger partial charge in [-0.05, 0) is 12.5 Å². The smallest absolute Gasteiger partial charge is 0.283 e. The first-order valence-corrected chi connectivity index (χ1v) is 5.77. The van der Waals surface area contributed by atoms with Gasteiger partial charge in [0.15, 0.2) is 12.3 Å². The molecule has 0 saturated heterocycles. The molecule has 0 unspecified atom stereocenters. The van der Waals surface area contributed by atoms with E-state index >= 15 is 0 Å². The Kier molecular flexibility index (Phi) is 9.21. The number of hydrogen-bond acceptors (Lipinski definition) is 1. The summed E-state index contributed by atoms with van der Waals surface area (Å²) in [6.45, 7) is 3.19. The molecule has 0 N–H and O–H groups in total. The summed E-state index contributed by atoms with van der Waals surface area (Å²) in [5.41, 5.74) is 0.757. The molecule has 88 valence electrons. The van der Waals surface area contributed by atoms with Gasteiger partial charge in [-0.2, -0.15) is 9.83 Å². The minimum Gasteiger partial charge on any atom is -1.00 e. The first kappa shape index (κ1) is 15.4. The van der Waals surface area contributed by atoms with Crippen LogP contribution in [-0.2, 0) is 6.54 Å². The lowest BCUT2D eigenvalue weighted by atomic mass is 10.1. The average molecular weight is 330 g/mol. The fourth-order valence-corrected chi connectivity index (χ4v) is 1.66. The molecule has 0 aliphatic carbocycles. The second-order valence-corrected chi connectivity index (χ2v) is 3.81. The summed E-state index contributed by atoms with van der Waals surface area (Å²) in [4.78, 5) is 0. The van der Waals surface area contributed by atoms with Gasteiger partial charge in [0, 0.05) is 18.6 Å². The Morgan fingerprint density at radius 2 is 1.94 bits per heavy atom. The molecule has 0 saturated carbocycles. The number of nitriles is 1. The van der Waals surface area contributed by atoms with E-state index in [1.807, 2.05) is 29.0 Å². The number of halogens is 1. The van der Waals surface area contributed by atoms with Crippen LogP contribution in [-0.4, -0.2) is 0 Å². The van der Waals surface area contributed by atoms with Gasteiger partial charge in [-0.1, -0.05) is 26.2 Å². The van der Waals surface area contributed by atoms with Gasteiger partial charge in [0.1, 0.15) is 6.54 Å². The minimum absolute atomic E-state index is 0. The summed E-state index contributed by atoms with van der Waals surface area (Å²) in [7, 11) is 0. The molecule has 0 aliphatic rings. The van der Waals surface area contributed by atoms with Gasteiger partial charge in [0.25, 0.3) is 5.69 Å². The molecule has 1 rings (SSSR count). The van der Waals surface area contributed by atoms with E-state index in [0.29, 0.717) is 0 Å². The lowest BCUT2D eigenvalue weighted by Gasteiger charge is -1.98. The monoisotopic (exact) mass is 330 g/mol. The zero-order chi connectivity index (χ0) is 10.9. The Morgan fingerprint density at radius 1 is 1.19 bits per heavy atom. The van der Waals surface area contributed by atoms with Gasteiger partial charge in [0.2, 0.25) is 0 Å². The Balaban J connectivity index is 0.00000225. The fraction of sp³-hybridized carbons (Fsp3) is 0.538. The third kappa shape index (κ3) is 5.45. The third-order valence-corrected chi connectivity index (χ3v) is 2.56. The molecular formula is C13H19IN2. The van der Waals surface area contributed by atoms with Gasteiger partial charge >= 0.3 is 0 Å². The quantitative estimate of drug-likeness (QED) is 0.404. The SMILES string of the molecule is CCCCCCC[n+]1ccccc1C#N.[I-]. The molecule has 0 fully saturated rings. The van der Waals surface area contributed by atoms with Gasteiger partial charge in [-0.25, -0.2) is 0 Å². The molecule has 0 amide bonds. The number of aromatic nitrogens is 1. The first-order valence-electron chi connectivity index (χ1n) is 5.77. The van der Waals surface area contributed by atoms with Crippen molar-refractivity contribution in [1.29, 1.82) is 5.26 Å². The van der Waals surface area contributed by atoms with Crippen LogP contribution >= 0.6 is 0 Å². The van der Waals surface area contributed by atoms with Crippen molar-refractivity contribution >= 4 is 0 Å². The van der Waals surface area contributed by atoms with Gasteiger partial charge < -0.3 is 24.0 Å². The van der Waals surface area contributed by atoms with E-state index in [1.54, 1.807) is 0 Å². The number of pyridine rings is 1. The molecular weight excluding hydrogens is 311 g/mol. The second-order valence-electron chi connectivity index (χ2n) is 3.81. The van der Waals surface area contributed by atoms with Crippen molar-refractivity contribution in [1.82, 2.24) is 0 Å². The van der Waals surface area contributed by atoms with Crippen molar-refractivity contribution < 1.29 is 28.5 Å². The summed E-state index contributed by atoms with van der Waals surface area (Å²) < 4.78 is 2.03. The molecule has 1 aromatic heterocycles. The lowest BCUT2D eigenvalue weighted by molar-refractivity contribution is -0.699. The number of rotatable bonds is 6. The Labute approximate surface area is 115 Å². The van der Waals surface area contributed by atoms with Crippen molar-refractivity contribution in [3.05, 3.63) is 30.1 Å². The molecule has 1 heterocycles. The van der Waals surface area contributed by atoms with E-state index in [9.17, 15) is 0 Å². The number of hydrogen-bond donors (Lipinski definition) is 0. The van der Waals surface area contributed by atoms with Crippen LogP contribution in [0.25, 0.3) is 0 Å². The van der Waals surface area contributed by atoms with Crippen molar-refractivity contribution in [3.8, 4) is 6.07 Å². The van der Waals surface area contributed by atoms with Crippen molar-refractivity contribution in [3.63, 3.8) is 0 Å². The summed E-state index contributed by atoms with van der Waals surface area (Å²) in [5, 5.41) is 8.89. The molecule has 0 spiro atoms. The predicted molar refractivity (Wildman–Crippen MR) is 60.1 cm³/mol. The molecule has 0 aromatic carbocycles. The van der Waals surface area contributed by atoms with Gasteiger partial charge in [-0.3, -0.25) is 0 Å². The topological polar surface area (TPSA) is 27.7 Å². The molecule has 16 heavy (non-hydrogen) atoms. The van der Waals surface area contributed by atoms with Gasteiger partial charge in [0.05, 0.1) is 0 Å². The summed E-state index contributed by atoms with van der Waals surface area (Å²) in [5.74, 6) is 0. The summed E-state index contributed by atoms with van der Waals surface area (Å²) in [6, 6.07) is 7.97. The molecule has 0 atom stereocenters. The van der Waals surface area contributed by atoms with E-state index in [0.717, 1.165) is 12.2 Å². The number of aryl methyl sites for hydroxylation is 1. The second kappa shape index (κ2) is 9.59. The normalized spacial score (nSPS) is 9.25. The lowest BCUT2D eigenvalue weighted by Crippen LogP contribution is -3.00. The van der Waals surface area contributed by atoms with Crippen LogP contribution in [0.1, 0.15) is 44.7 Å². The highest BCUT2D eigenvalue weighted by Crippen LogP contribution is 2.02. The Bertz CT molecular complexity index is 331. The van der Waals surface area contributed by atoms with Crippen LogP contribution in [0.2, 0.25) is 0 Å². The van der Waals surface area contributed by atoms with Crippen LogP contribution in [0.3, 0.4) is 0 Å². The first-order chi connectivity index (χ1) is 7.38. The van der Waals surface area contributed by atoms with E-state index in [2.05, 4.69) is 13.0 Å².